The number of hydrogen-bond acceptors (Lipinski definition) is 28. The molecule has 5 saturated heterocycles. The third-order valence-electron chi connectivity index (χ3n) is 20.4. The highest BCUT2D eigenvalue weighted by molar-refractivity contribution is 5.76. The predicted octanol–water partition coefficient (Wildman–Crippen LogP) is 1.72. The second-order valence-corrected chi connectivity index (χ2v) is 28.9. The zero-order valence-electron chi connectivity index (χ0n) is 61.8. The fourth-order valence-corrected chi connectivity index (χ4v) is 14.0. The van der Waals surface area contributed by atoms with Gasteiger partial charge >= 0.3 is 0 Å². The maximum absolute atomic E-state index is 13.5. The lowest BCUT2D eigenvalue weighted by atomic mass is 9.94. The Balaban J connectivity index is 1.19. The van der Waals surface area contributed by atoms with Crippen molar-refractivity contribution in [2.75, 3.05) is 39.6 Å². The summed E-state index contributed by atoms with van der Waals surface area (Å²) in [5.41, 5.74) is 0. The van der Waals surface area contributed by atoms with Crippen LogP contribution >= 0.6 is 0 Å². The molecule has 18 N–H and O–H groups in total. The number of ether oxygens (including phenoxy) is 10. The summed E-state index contributed by atoms with van der Waals surface area (Å²) in [6.07, 6.45) is -2.45. The molecule has 0 saturated carbocycles. The van der Waals surface area contributed by atoms with E-state index < -0.39 is 211 Å². The Kier molecular flexibility index (Phi) is 45.8. The van der Waals surface area contributed by atoms with Gasteiger partial charge in [0, 0.05) is 13.3 Å². The second kappa shape index (κ2) is 51.8. The van der Waals surface area contributed by atoms with Crippen molar-refractivity contribution in [1.29, 1.82) is 0 Å². The Morgan fingerprint density at radius 1 is 0.375 bits per heavy atom. The molecule has 5 aliphatic heterocycles. The number of unbranched alkanes of at least 4 members (excludes halogenated alkanes) is 28. The fourth-order valence-electron chi connectivity index (χ4n) is 14.0. The molecule has 5 rings (SSSR count). The van der Waals surface area contributed by atoms with Gasteiger partial charge in [0.15, 0.2) is 31.5 Å². The quantitative estimate of drug-likeness (QED) is 0.0304. The van der Waals surface area contributed by atoms with Gasteiger partial charge in [0.2, 0.25) is 11.8 Å². The smallest absolute Gasteiger partial charge is 0.220 e. The SMILES string of the molecule is CCCCCCCC/C=C\CCCCCCCCCCCCCC(=O)N[C@@H](CO[C@@H]1OC(CO)[C@@H](O[C@@H]2OC(CO)[C@H](O)[C@H](O[C@@H]3OC(CO)[C@@H](O)[C@H](O[C@@H]4OC(CO)[C@H](O)[C@H](O[C@H]5OC(CO)[C@H](O)[C@H](O)C5O)C4O)C3NC(C)=O)C2O)[C@H](O)C1O)[C@H](O)/C=C/CCCCCCCCCCCCC. The van der Waals surface area contributed by atoms with Gasteiger partial charge in [-0.2, -0.15) is 0 Å². The zero-order chi connectivity index (χ0) is 75.9. The number of aliphatic hydroxyl groups is 16. The summed E-state index contributed by atoms with van der Waals surface area (Å²) >= 11 is 0. The minimum absolute atomic E-state index is 0.185. The molecule has 30 nitrogen and oxygen atoms in total. The maximum Gasteiger partial charge on any atom is 0.220 e. The topological polar surface area (TPSA) is 474 Å². The van der Waals surface area contributed by atoms with Crippen molar-refractivity contribution in [1.82, 2.24) is 10.6 Å². The van der Waals surface area contributed by atoms with E-state index in [9.17, 15) is 91.3 Å². The van der Waals surface area contributed by atoms with Gasteiger partial charge in [-0.3, -0.25) is 9.59 Å². The first kappa shape index (κ1) is 92.0. The highest BCUT2D eigenvalue weighted by Crippen LogP contribution is 2.37. The molecule has 5 heterocycles. The largest absolute Gasteiger partial charge is 0.394 e. The van der Waals surface area contributed by atoms with E-state index in [0.29, 0.717) is 12.8 Å². The van der Waals surface area contributed by atoms with Crippen LogP contribution in [0.1, 0.15) is 226 Å². The highest BCUT2D eigenvalue weighted by Gasteiger charge is 2.57. The molecule has 0 bridgehead atoms. The number of amides is 2. The highest BCUT2D eigenvalue weighted by atomic mass is 16.8. The van der Waals surface area contributed by atoms with Gasteiger partial charge in [-0.05, 0) is 44.9 Å². The predicted molar refractivity (Wildman–Crippen MR) is 377 cm³/mol. The molecule has 27 atom stereocenters. The standard InChI is InChI=1S/C74H134N2O28/c1-4-6-8-10-12-14-16-18-19-20-21-22-23-24-25-27-29-31-33-35-37-39-54(84)76-47(48(83)38-36-34-32-30-28-26-17-15-13-11-9-7-5-2)45-95-71-63(92)61(90)66(53(44-81)100-71)101-73-64(93)68(58(87)51(42-79)98-73)103-70-55(75-46(3)82)67(57(86)50(41-78)96-70)102-74-65(94)69(59(88)52(43-80)99-74)104-72-62(91)60(89)56(85)49(40-77)97-72/h18-19,36,38,47-53,55-74,77-81,83,85-94H,4-17,20-35,37,39-45H2,1-3H3,(H,75,82)(H,76,84)/b19-18-,38-36+/t47-,48+,49?,50?,51?,52?,53?,55?,56-,57+,58-,59-,60-,61+,62?,63?,64?,65?,66+,67+,68-,69-,70-,71+,72+,73-,74-/m0/s1. The van der Waals surface area contributed by atoms with Gasteiger partial charge in [-0.15, -0.1) is 0 Å². The molecule has 30 heteroatoms. The van der Waals surface area contributed by atoms with Gasteiger partial charge in [-0.25, -0.2) is 0 Å². The number of carbonyl (C=O) groups is 2. The molecule has 0 aromatic heterocycles. The van der Waals surface area contributed by atoms with Gasteiger partial charge in [0.1, 0.15) is 122 Å². The number of rotatable bonds is 53. The van der Waals surface area contributed by atoms with E-state index in [1.807, 2.05) is 6.08 Å². The second-order valence-electron chi connectivity index (χ2n) is 28.9. The average molecular weight is 1500 g/mol. The first-order valence-electron chi connectivity index (χ1n) is 39.1. The van der Waals surface area contributed by atoms with E-state index >= 15 is 0 Å². The van der Waals surface area contributed by atoms with Gasteiger partial charge < -0.3 is 140 Å². The van der Waals surface area contributed by atoms with E-state index in [-0.39, 0.29) is 12.3 Å². The molecule has 0 spiro atoms. The number of aliphatic hydroxyl groups excluding tert-OH is 16. The van der Waals surface area contributed by atoms with Gasteiger partial charge in [0.25, 0.3) is 0 Å². The van der Waals surface area contributed by atoms with Crippen LogP contribution in [0.15, 0.2) is 24.3 Å². The summed E-state index contributed by atoms with van der Waals surface area (Å²) in [4.78, 5) is 26.5. The summed E-state index contributed by atoms with van der Waals surface area (Å²) in [5, 5.41) is 181. The molecule has 2 amide bonds. The van der Waals surface area contributed by atoms with Gasteiger partial charge in [0.05, 0.1) is 51.8 Å². The van der Waals surface area contributed by atoms with E-state index in [4.69, 9.17) is 47.4 Å². The third-order valence-corrected chi connectivity index (χ3v) is 20.4. The number of allylic oxidation sites excluding steroid dienone is 3. The van der Waals surface area contributed by atoms with Crippen molar-refractivity contribution in [2.45, 2.75) is 392 Å². The van der Waals surface area contributed by atoms with Crippen LogP contribution in [-0.4, -0.2) is 299 Å². The molecular formula is C74H134N2O28. The van der Waals surface area contributed by atoms with E-state index in [2.05, 4.69) is 36.6 Å². The minimum Gasteiger partial charge on any atom is -0.394 e. The summed E-state index contributed by atoms with van der Waals surface area (Å²) in [5.74, 6) is -1.18. The molecule has 104 heavy (non-hydrogen) atoms. The average Bonchev–Trinajstić information content (AvgIpc) is 0.769. The molecule has 0 aromatic carbocycles. The van der Waals surface area contributed by atoms with E-state index in [1.165, 1.54) is 128 Å². The Morgan fingerprint density at radius 2 is 0.721 bits per heavy atom. The molecule has 0 radical (unpaired) electrons. The lowest BCUT2D eigenvalue weighted by Crippen LogP contribution is -2.70. The van der Waals surface area contributed by atoms with Crippen molar-refractivity contribution in [2.24, 2.45) is 0 Å². The monoisotopic (exact) mass is 1500 g/mol. The van der Waals surface area contributed by atoms with Crippen molar-refractivity contribution in [3.8, 4) is 0 Å². The van der Waals surface area contributed by atoms with Crippen LogP contribution in [-0.2, 0) is 57.0 Å². The lowest BCUT2D eigenvalue weighted by Gasteiger charge is -2.50. The third kappa shape index (κ3) is 30.2. The number of nitrogens with one attached hydrogen (secondary N) is 2. The van der Waals surface area contributed by atoms with E-state index in [1.54, 1.807) is 6.08 Å². The van der Waals surface area contributed by atoms with Crippen molar-refractivity contribution in [3.05, 3.63) is 24.3 Å². The Bertz CT molecular complexity index is 2300. The molecule has 10 unspecified atom stereocenters. The Morgan fingerprint density at radius 3 is 1.16 bits per heavy atom. The number of carbonyl (C=O) groups excluding carboxylic acids is 2. The van der Waals surface area contributed by atoms with Crippen LogP contribution < -0.4 is 10.6 Å². The number of hydrogen-bond donors (Lipinski definition) is 18. The first-order valence-corrected chi connectivity index (χ1v) is 39.1. The van der Waals surface area contributed by atoms with Crippen LogP contribution in [0.25, 0.3) is 0 Å². The van der Waals surface area contributed by atoms with E-state index in [0.717, 1.165) is 64.7 Å². The molecular weight excluding hydrogens is 1360 g/mol. The molecule has 5 aliphatic rings. The van der Waals surface area contributed by atoms with Crippen LogP contribution in [0.2, 0.25) is 0 Å². The summed E-state index contributed by atoms with van der Waals surface area (Å²) < 4.78 is 58.6. The summed E-state index contributed by atoms with van der Waals surface area (Å²) in [6, 6.07) is -2.84. The Hall–Kier alpha value is -2.62. The molecule has 0 aliphatic carbocycles. The minimum atomic E-state index is -2.18. The van der Waals surface area contributed by atoms with Crippen LogP contribution in [0.4, 0.5) is 0 Å². The summed E-state index contributed by atoms with van der Waals surface area (Å²) in [6.45, 7) is 0.292. The Labute approximate surface area is 614 Å². The van der Waals surface area contributed by atoms with Crippen LogP contribution in [0.5, 0.6) is 0 Å². The normalized spacial score (nSPS) is 34.8. The molecule has 5 fully saturated rings. The van der Waals surface area contributed by atoms with Crippen LogP contribution in [0.3, 0.4) is 0 Å². The summed E-state index contributed by atoms with van der Waals surface area (Å²) in [7, 11) is 0. The molecule has 0 aromatic rings. The van der Waals surface area contributed by atoms with Crippen molar-refractivity contribution in [3.63, 3.8) is 0 Å². The first-order chi connectivity index (χ1) is 50.2. The fraction of sp³-hybridized carbons (Fsp3) is 0.919. The lowest BCUT2D eigenvalue weighted by molar-refractivity contribution is -0.386. The van der Waals surface area contributed by atoms with Crippen molar-refractivity contribution >= 4 is 11.8 Å². The van der Waals surface area contributed by atoms with Crippen molar-refractivity contribution < 1.29 is 139 Å². The van der Waals surface area contributed by atoms with Gasteiger partial charge in [-0.1, -0.05) is 192 Å². The zero-order valence-corrected chi connectivity index (χ0v) is 61.8. The molecule has 608 valence electrons. The maximum atomic E-state index is 13.5. The van der Waals surface area contributed by atoms with Crippen LogP contribution in [0, 0.1) is 0 Å².